The van der Waals surface area contributed by atoms with Gasteiger partial charge in [0.25, 0.3) is 0 Å². The van der Waals surface area contributed by atoms with E-state index < -0.39 is 0 Å². The number of unbranched alkanes of at least 4 members (excludes halogenated alkanes) is 1. The van der Waals surface area contributed by atoms with Crippen LogP contribution in [0.25, 0.3) is 11.0 Å². The average molecular weight is 176 g/mol. The summed E-state index contributed by atoms with van der Waals surface area (Å²) in [7, 11) is 0. The van der Waals surface area contributed by atoms with Crippen molar-refractivity contribution in [3.05, 3.63) is 30.8 Å². The van der Waals surface area contributed by atoms with Crippen molar-refractivity contribution in [2.75, 3.05) is 0 Å². The highest BCUT2D eigenvalue weighted by Gasteiger charge is 2.03. The summed E-state index contributed by atoms with van der Waals surface area (Å²) in [6.45, 7) is 3.28. The Labute approximate surface area is 77.8 Å². The number of aryl methyl sites for hydroxylation is 1. The Morgan fingerprint density at radius 1 is 1.38 bits per heavy atom. The zero-order valence-electron chi connectivity index (χ0n) is 7.86. The summed E-state index contributed by atoms with van der Waals surface area (Å²) in [5, 5.41) is 1.17. The Bertz CT molecular complexity index is 392. The fourth-order valence-electron chi connectivity index (χ4n) is 1.42. The Morgan fingerprint density at radius 3 is 3.15 bits per heavy atom. The van der Waals surface area contributed by atoms with Crippen LogP contribution in [-0.2, 0) is 6.54 Å². The summed E-state index contributed by atoms with van der Waals surface area (Å²) in [6, 6.07) is 4.08. The summed E-state index contributed by atoms with van der Waals surface area (Å²) in [4.78, 5) is 0. The van der Waals surface area contributed by atoms with Crippen LogP contribution in [0, 0.1) is 0 Å². The number of aromatic nitrogens is 1. The molecular weight excluding hydrogens is 162 g/mol. The Hall–Kier alpha value is -1.31. The van der Waals surface area contributed by atoms with Crippen LogP contribution in [0.5, 0.6) is 0 Å². The molecule has 0 bridgehead atoms. The fourth-order valence-corrected chi connectivity index (χ4v) is 1.42. The van der Waals surface area contributed by atoms with Gasteiger partial charge in [0.05, 0.1) is 6.26 Å². The van der Waals surface area contributed by atoms with Crippen molar-refractivity contribution in [1.82, 2.24) is 0 Å². The summed E-state index contributed by atoms with van der Waals surface area (Å²) < 4.78 is 7.49. The maximum atomic E-state index is 5.32. The molecule has 0 radical (unpaired) electrons. The lowest BCUT2D eigenvalue weighted by molar-refractivity contribution is -0.696. The van der Waals surface area contributed by atoms with E-state index in [9.17, 15) is 0 Å². The molecule has 13 heavy (non-hydrogen) atoms. The largest absolute Gasteiger partial charge is 0.458 e. The van der Waals surface area contributed by atoms with Crippen LogP contribution >= 0.6 is 0 Å². The quantitative estimate of drug-likeness (QED) is 0.657. The normalized spacial score (nSPS) is 10.8. The summed E-state index contributed by atoms with van der Waals surface area (Å²) >= 11 is 0. The molecule has 2 heteroatoms. The lowest BCUT2D eigenvalue weighted by Gasteiger charge is -1.93. The minimum absolute atomic E-state index is 0.971. The second-order valence-electron chi connectivity index (χ2n) is 3.28. The van der Waals surface area contributed by atoms with Gasteiger partial charge in [-0.3, -0.25) is 0 Å². The average Bonchev–Trinajstić information content (AvgIpc) is 2.61. The second kappa shape index (κ2) is 3.60. The van der Waals surface area contributed by atoms with Crippen LogP contribution in [0.1, 0.15) is 19.8 Å². The topological polar surface area (TPSA) is 17.0 Å². The zero-order chi connectivity index (χ0) is 9.10. The third kappa shape index (κ3) is 1.72. The van der Waals surface area contributed by atoms with Gasteiger partial charge in [-0.15, -0.1) is 0 Å². The van der Waals surface area contributed by atoms with Crippen molar-refractivity contribution in [3.8, 4) is 0 Å². The molecule has 0 aromatic carbocycles. The maximum absolute atomic E-state index is 5.32. The van der Waals surface area contributed by atoms with Crippen LogP contribution < -0.4 is 4.57 Å². The molecule has 0 aliphatic carbocycles. The lowest BCUT2D eigenvalue weighted by Crippen LogP contribution is -2.32. The van der Waals surface area contributed by atoms with E-state index in [0.717, 1.165) is 12.1 Å². The van der Waals surface area contributed by atoms with Crippen molar-refractivity contribution in [2.24, 2.45) is 0 Å². The molecule has 0 fully saturated rings. The first-order valence-electron chi connectivity index (χ1n) is 4.76. The van der Waals surface area contributed by atoms with Crippen LogP contribution in [0.3, 0.4) is 0 Å². The SMILES string of the molecule is CCCC[n+]1ccc2ccoc2c1. The van der Waals surface area contributed by atoms with Gasteiger partial charge in [0, 0.05) is 17.9 Å². The lowest BCUT2D eigenvalue weighted by atomic mass is 10.3. The summed E-state index contributed by atoms with van der Waals surface area (Å²) in [5.74, 6) is 0. The van der Waals surface area contributed by atoms with Gasteiger partial charge in [-0.05, 0) is 6.07 Å². The van der Waals surface area contributed by atoms with Crippen LogP contribution in [0.4, 0.5) is 0 Å². The fraction of sp³-hybridized carbons (Fsp3) is 0.364. The number of furan rings is 1. The standard InChI is InChI=1S/C11H14NO/c1-2-3-6-12-7-4-10-5-8-13-11(10)9-12/h4-5,7-9H,2-3,6H2,1H3/q+1. The monoisotopic (exact) mass is 176 g/mol. The number of hydrogen-bond donors (Lipinski definition) is 0. The number of rotatable bonds is 3. The van der Waals surface area contributed by atoms with Gasteiger partial charge in [-0.1, -0.05) is 13.3 Å². The van der Waals surface area contributed by atoms with E-state index in [2.05, 4.69) is 30.0 Å². The second-order valence-corrected chi connectivity index (χ2v) is 3.28. The van der Waals surface area contributed by atoms with Gasteiger partial charge >= 0.3 is 0 Å². The number of pyridine rings is 1. The summed E-state index contributed by atoms with van der Waals surface area (Å²) in [5.41, 5.74) is 0.971. The predicted octanol–water partition coefficient (Wildman–Crippen LogP) is 2.52. The van der Waals surface area contributed by atoms with Crippen LogP contribution in [-0.4, -0.2) is 0 Å². The Morgan fingerprint density at radius 2 is 2.31 bits per heavy atom. The Balaban J connectivity index is 2.26. The molecule has 2 aromatic rings. The van der Waals surface area contributed by atoms with Gasteiger partial charge in [0.15, 0.2) is 11.8 Å². The van der Waals surface area contributed by atoms with Gasteiger partial charge in [0.2, 0.25) is 6.20 Å². The number of fused-ring (bicyclic) bond motifs is 1. The molecule has 0 aliphatic heterocycles. The van der Waals surface area contributed by atoms with Crippen molar-refractivity contribution in [1.29, 1.82) is 0 Å². The minimum atomic E-state index is 0.971. The van der Waals surface area contributed by atoms with Crippen LogP contribution in [0.2, 0.25) is 0 Å². The van der Waals surface area contributed by atoms with Crippen molar-refractivity contribution >= 4 is 11.0 Å². The van der Waals surface area contributed by atoms with Crippen molar-refractivity contribution < 1.29 is 8.98 Å². The third-order valence-electron chi connectivity index (χ3n) is 2.23. The molecule has 0 aliphatic rings. The molecule has 0 saturated carbocycles. The predicted molar refractivity (Wildman–Crippen MR) is 51.3 cm³/mol. The molecule has 2 rings (SSSR count). The van der Waals surface area contributed by atoms with E-state index >= 15 is 0 Å². The third-order valence-corrected chi connectivity index (χ3v) is 2.23. The molecule has 0 amide bonds. The van der Waals surface area contributed by atoms with E-state index in [1.807, 2.05) is 6.07 Å². The highest BCUT2D eigenvalue weighted by molar-refractivity contribution is 5.74. The zero-order valence-corrected chi connectivity index (χ0v) is 7.86. The van der Waals surface area contributed by atoms with Crippen molar-refractivity contribution in [3.63, 3.8) is 0 Å². The van der Waals surface area contributed by atoms with Gasteiger partial charge in [0.1, 0.15) is 6.54 Å². The molecule has 0 saturated heterocycles. The number of hydrogen-bond acceptors (Lipinski definition) is 1. The van der Waals surface area contributed by atoms with Gasteiger partial charge in [-0.25, -0.2) is 4.57 Å². The van der Waals surface area contributed by atoms with Crippen LogP contribution in [0.15, 0.2) is 35.2 Å². The first kappa shape index (κ1) is 8.30. The van der Waals surface area contributed by atoms with E-state index in [1.54, 1.807) is 6.26 Å². The minimum Gasteiger partial charge on any atom is -0.458 e. The van der Waals surface area contributed by atoms with Gasteiger partial charge < -0.3 is 4.42 Å². The maximum Gasteiger partial charge on any atom is 0.212 e. The molecule has 2 heterocycles. The van der Waals surface area contributed by atoms with Crippen molar-refractivity contribution in [2.45, 2.75) is 26.3 Å². The van der Waals surface area contributed by atoms with E-state index in [4.69, 9.17) is 4.42 Å². The molecule has 0 unspecified atom stereocenters. The van der Waals surface area contributed by atoms with E-state index in [-0.39, 0.29) is 0 Å². The smallest absolute Gasteiger partial charge is 0.212 e. The highest BCUT2D eigenvalue weighted by Crippen LogP contribution is 2.11. The molecule has 0 spiro atoms. The molecule has 0 atom stereocenters. The van der Waals surface area contributed by atoms with Gasteiger partial charge in [-0.2, -0.15) is 0 Å². The molecule has 68 valence electrons. The highest BCUT2D eigenvalue weighted by atomic mass is 16.3. The first-order chi connectivity index (χ1) is 6.40. The number of nitrogens with zero attached hydrogens (tertiary/aromatic N) is 1. The Kier molecular flexibility index (Phi) is 2.30. The molecular formula is C11H14NO+. The molecule has 2 nitrogen and oxygen atoms in total. The summed E-state index contributed by atoms with van der Waals surface area (Å²) in [6.07, 6.45) is 8.34. The first-order valence-corrected chi connectivity index (χ1v) is 4.76. The van der Waals surface area contributed by atoms with E-state index in [0.29, 0.717) is 0 Å². The molecule has 2 aromatic heterocycles. The van der Waals surface area contributed by atoms with E-state index in [1.165, 1.54) is 18.2 Å². The molecule has 0 N–H and O–H groups in total.